The van der Waals surface area contributed by atoms with E-state index in [2.05, 4.69) is 25.3 Å². The zero-order valence-electron chi connectivity index (χ0n) is 16.2. The molecule has 0 amide bonds. The highest BCUT2D eigenvalue weighted by Crippen LogP contribution is 2.28. The van der Waals surface area contributed by atoms with Crippen molar-refractivity contribution in [3.05, 3.63) is 78.5 Å². The Bertz CT molecular complexity index is 1290. The van der Waals surface area contributed by atoms with Gasteiger partial charge in [-0.1, -0.05) is 35.5 Å². The minimum Gasteiger partial charge on any atom is -0.383 e. The number of nitrogens with zero attached hydrogens (tertiary/aromatic N) is 7. The molecule has 3 heterocycles. The minimum absolute atomic E-state index is 0.397. The predicted molar refractivity (Wildman–Crippen MR) is 111 cm³/mol. The van der Waals surface area contributed by atoms with Crippen LogP contribution in [0, 0.1) is 6.92 Å². The molecule has 2 aromatic carbocycles. The van der Waals surface area contributed by atoms with E-state index in [-0.39, 0.29) is 0 Å². The Kier molecular flexibility index (Phi) is 4.32. The number of aryl methyl sites for hydroxylation is 1. The van der Waals surface area contributed by atoms with Crippen molar-refractivity contribution >= 4 is 5.82 Å². The molecule has 5 rings (SSSR count). The summed E-state index contributed by atoms with van der Waals surface area (Å²) < 4.78 is 8.90. The van der Waals surface area contributed by atoms with Crippen LogP contribution in [0.15, 0.2) is 71.9 Å². The van der Waals surface area contributed by atoms with E-state index in [0.717, 1.165) is 22.4 Å². The second-order valence-corrected chi connectivity index (χ2v) is 6.85. The number of aromatic nitrogens is 7. The van der Waals surface area contributed by atoms with E-state index in [1.165, 1.54) is 6.33 Å². The first kappa shape index (κ1) is 17.8. The van der Waals surface area contributed by atoms with Crippen LogP contribution in [-0.4, -0.2) is 34.7 Å². The van der Waals surface area contributed by atoms with Crippen molar-refractivity contribution in [3.8, 4) is 28.5 Å². The minimum atomic E-state index is 0.397. The van der Waals surface area contributed by atoms with Gasteiger partial charge in [0.1, 0.15) is 18.5 Å². The maximum Gasteiger partial charge on any atom is 0.258 e. The van der Waals surface area contributed by atoms with Gasteiger partial charge in [-0.15, -0.1) is 0 Å². The molecule has 9 heteroatoms. The van der Waals surface area contributed by atoms with Crippen LogP contribution in [0.25, 0.3) is 28.5 Å². The Morgan fingerprint density at radius 3 is 2.63 bits per heavy atom. The number of rotatable bonds is 5. The topological polar surface area (TPSA) is 113 Å². The van der Waals surface area contributed by atoms with E-state index in [4.69, 9.17) is 10.3 Å². The third kappa shape index (κ3) is 3.22. The smallest absolute Gasteiger partial charge is 0.258 e. The van der Waals surface area contributed by atoms with Crippen LogP contribution in [-0.2, 0) is 6.54 Å². The second-order valence-electron chi connectivity index (χ2n) is 6.85. The molecular weight excluding hydrogens is 380 g/mol. The maximum atomic E-state index is 6.33. The quantitative estimate of drug-likeness (QED) is 0.484. The Morgan fingerprint density at radius 1 is 1.03 bits per heavy atom. The third-order valence-corrected chi connectivity index (χ3v) is 4.83. The molecule has 30 heavy (non-hydrogen) atoms. The third-order valence-electron chi connectivity index (χ3n) is 4.83. The summed E-state index contributed by atoms with van der Waals surface area (Å²) in [6.45, 7) is 2.65. The van der Waals surface area contributed by atoms with Crippen LogP contribution in [0.3, 0.4) is 0 Å². The standard InChI is InChI=1S/C21H18N8O/c1-14-4-2-3-5-18(14)29-19(22)17(10-24-29)20-26-21(30-27-20)16-8-6-15(7-9-16)11-28-13-23-12-25-28/h2-10,12-13H,11,22H2,1H3. The molecule has 0 unspecified atom stereocenters. The molecule has 0 spiro atoms. The lowest BCUT2D eigenvalue weighted by Crippen LogP contribution is -2.04. The summed E-state index contributed by atoms with van der Waals surface area (Å²) >= 11 is 0. The molecule has 0 saturated heterocycles. The van der Waals surface area contributed by atoms with Gasteiger partial charge in [0.05, 0.1) is 24.0 Å². The Hall–Kier alpha value is -4.27. The van der Waals surface area contributed by atoms with Crippen LogP contribution >= 0.6 is 0 Å². The molecule has 0 fully saturated rings. The number of benzene rings is 2. The van der Waals surface area contributed by atoms with E-state index in [1.807, 2.05) is 55.5 Å². The molecule has 0 saturated carbocycles. The van der Waals surface area contributed by atoms with Crippen LogP contribution in [0.4, 0.5) is 5.82 Å². The SMILES string of the molecule is Cc1ccccc1-n1ncc(-c2noc(-c3ccc(Cn4cncn4)cc3)n2)c1N. The maximum absolute atomic E-state index is 6.33. The van der Waals surface area contributed by atoms with Gasteiger partial charge >= 0.3 is 0 Å². The highest BCUT2D eigenvalue weighted by molar-refractivity contribution is 5.71. The first-order valence-electron chi connectivity index (χ1n) is 9.34. The molecule has 0 aliphatic rings. The molecule has 5 aromatic rings. The zero-order chi connectivity index (χ0) is 20.5. The van der Waals surface area contributed by atoms with Crippen molar-refractivity contribution in [2.24, 2.45) is 0 Å². The Balaban J connectivity index is 1.40. The number of nitrogen functional groups attached to an aromatic ring is 1. The lowest BCUT2D eigenvalue weighted by molar-refractivity contribution is 0.432. The van der Waals surface area contributed by atoms with Crippen LogP contribution in [0.5, 0.6) is 0 Å². The molecule has 148 valence electrons. The van der Waals surface area contributed by atoms with E-state index < -0.39 is 0 Å². The second kappa shape index (κ2) is 7.28. The summed E-state index contributed by atoms with van der Waals surface area (Å²) in [6.07, 6.45) is 4.85. The van der Waals surface area contributed by atoms with Crippen LogP contribution in [0.2, 0.25) is 0 Å². The molecule has 3 aromatic heterocycles. The van der Waals surface area contributed by atoms with Gasteiger partial charge in [0, 0.05) is 5.56 Å². The number of nitrogens with two attached hydrogens (primary N) is 1. The fourth-order valence-electron chi connectivity index (χ4n) is 3.23. The molecule has 9 nitrogen and oxygen atoms in total. The fraction of sp³-hybridized carbons (Fsp3) is 0.0952. The summed E-state index contributed by atoms with van der Waals surface area (Å²) in [5.41, 5.74) is 10.8. The lowest BCUT2D eigenvalue weighted by atomic mass is 10.1. The summed E-state index contributed by atoms with van der Waals surface area (Å²) in [4.78, 5) is 8.46. The van der Waals surface area contributed by atoms with E-state index in [1.54, 1.807) is 21.9 Å². The molecule has 0 radical (unpaired) electrons. The van der Waals surface area contributed by atoms with Crippen molar-refractivity contribution in [3.63, 3.8) is 0 Å². The number of hydrogen-bond acceptors (Lipinski definition) is 7. The lowest BCUT2D eigenvalue weighted by Gasteiger charge is -2.07. The van der Waals surface area contributed by atoms with Gasteiger partial charge in [0.15, 0.2) is 0 Å². The summed E-state index contributed by atoms with van der Waals surface area (Å²) in [5.74, 6) is 1.27. The predicted octanol–water partition coefficient (Wildman–Crippen LogP) is 3.12. The number of hydrogen-bond donors (Lipinski definition) is 1. The molecule has 0 aliphatic carbocycles. The van der Waals surface area contributed by atoms with Crippen molar-refractivity contribution < 1.29 is 4.52 Å². The fourth-order valence-corrected chi connectivity index (χ4v) is 3.23. The molecule has 2 N–H and O–H groups in total. The highest BCUT2D eigenvalue weighted by Gasteiger charge is 2.18. The summed E-state index contributed by atoms with van der Waals surface area (Å²) in [7, 11) is 0. The van der Waals surface area contributed by atoms with Gasteiger partial charge in [-0.25, -0.2) is 14.3 Å². The average molecular weight is 398 g/mol. The highest BCUT2D eigenvalue weighted by atomic mass is 16.5. The van der Waals surface area contributed by atoms with Crippen molar-refractivity contribution in [1.29, 1.82) is 0 Å². The average Bonchev–Trinajstić information content (AvgIpc) is 3.51. The van der Waals surface area contributed by atoms with Crippen LogP contribution < -0.4 is 5.73 Å². The van der Waals surface area contributed by atoms with Crippen molar-refractivity contribution in [2.75, 3.05) is 5.73 Å². The number of anilines is 1. The summed E-state index contributed by atoms with van der Waals surface area (Å²) in [5, 5.41) is 12.6. The van der Waals surface area contributed by atoms with Gasteiger partial charge in [-0.2, -0.15) is 15.2 Å². The normalized spacial score (nSPS) is 11.1. The molecule has 0 aliphatic heterocycles. The van der Waals surface area contributed by atoms with Crippen molar-refractivity contribution in [1.82, 2.24) is 34.7 Å². The molecule has 0 bridgehead atoms. The monoisotopic (exact) mass is 398 g/mol. The summed E-state index contributed by atoms with van der Waals surface area (Å²) in [6, 6.07) is 15.7. The van der Waals surface area contributed by atoms with Crippen molar-refractivity contribution in [2.45, 2.75) is 13.5 Å². The number of para-hydroxylation sites is 1. The van der Waals surface area contributed by atoms with E-state index in [9.17, 15) is 0 Å². The van der Waals surface area contributed by atoms with Gasteiger partial charge in [0.2, 0.25) is 5.82 Å². The Labute approximate surface area is 171 Å². The largest absolute Gasteiger partial charge is 0.383 e. The zero-order valence-corrected chi connectivity index (χ0v) is 16.2. The van der Waals surface area contributed by atoms with Gasteiger partial charge in [-0.05, 0) is 36.2 Å². The van der Waals surface area contributed by atoms with Gasteiger partial charge < -0.3 is 10.3 Å². The van der Waals surface area contributed by atoms with Gasteiger partial charge in [0.25, 0.3) is 5.89 Å². The first-order valence-corrected chi connectivity index (χ1v) is 9.34. The van der Waals surface area contributed by atoms with E-state index >= 15 is 0 Å². The van der Waals surface area contributed by atoms with E-state index in [0.29, 0.717) is 29.6 Å². The van der Waals surface area contributed by atoms with Crippen LogP contribution in [0.1, 0.15) is 11.1 Å². The molecule has 0 atom stereocenters. The molecular formula is C21H18N8O. The van der Waals surface area contributed by atoms with Gasteiger partial charge in [-0.3, -0.25) is 0 Å². The first-order chi connectivity index (χ1) is 14.7. The Morgan fingerprint density at radius 2 is 1.87 bits per heavy atom.